The zero-order valence-corrected chi connectivity index (χ0v) is 15.0. The van der Waals surface area contributed by atoms with E-state index in [2.05, 4.69) is 41.9 Å². The molecule has 0 aliphatic heterocycles. The summed E-state index contributed by atoms with van der Waals surface area (Å²) in [5.41, 5.74) is 5.53. The van der Waals surface area contributed by atoms with Crippen LogP contribution < -0.4 is 5.32 Å². The molecular formula is C22H24N2O. The Labute approximate surface area is 149 Å². The Kier molecular flexibility index (Phi) is 5.03. The summed E-state index contributed by atoms with van der Waals surface area (Å²) in [7, 11) is 0. The highest BCUT2D eigenvalue weighted by atomic mass is 16.1. The summed E-state index contributed by atoms with van der Waals surface area (Å²) in [4.78, 5) is 12.7. The number of hydrogen-bond acceptors (Lipinski definition) is 1. The van der Waals surface area contributed by atoms with E-state index in [0.717, 1.165) is 11.3 Å². The number of carbonyl (C=O) groups excluding carboxylic acids is 1. The number of aromatic nitrogens is 1. The fourth-order valence-electron chi connectivity index (χ4n) is 3.22. The minimum atomic E-state index is -0.0121. The molecule has 0 aliphatic carbocycles. The fourth-order valence-corrected chi connectivity index (χ4v) is 3.22. The van der Waals surface area contributed by atoms with Crippen molar-refractivity contribution >= 4 is 11.6 Å². The Morgan fingerprint density at radius 2 is 1.68 bits per heavy atom. The van der Waals surface area contributed by atoms with Crippen molar-refractivity contribution in [2.75, 3.05) is 5.32 Å². The standard InChI is InChI=1S/C22H24N2O/c1-16-10-11-20(18(3)14-16)23-22(25)15-21(24-12-6-7-13-24)19-9-5-4-8-17(19)2/h4-14,21H,15H2,1-3H3,(H,23,25)/t21-/m0/s1. The highest BCUT2D eigenvalue weighted by Crippen LogP contribution is 2.26. The molecule has 0 saturated carbocycles. The van der Waals surface area contributed by atoms with Gasteiger partial charge in [0.2, 0.25) is 5.91 Å². The molecule has 1 N–H and O–H groups in total. The molecule has 0 spiro atoms. The van der Waals surface area contributed by atoms with Crippen molar-refractivity contribution in [1.29, 1.82) is 0 Å². The smallest absolute Gasteiger partial charge is 0.226 e. The molecule has 1 amide bonds. The molecule has 3 rings (SSSR count). The van der Waals surface area contributed by atoms with Gasteiger partial charge in [-0.05, 0) is 55.7 Å². The lowest BCUT2D eigenvalue weighted by molar-refractivity contribution is -0.116. The van der Waals surface area contributed by atoms with Crippen molar-refractivity contribution in [1.82, 2.24) is 4.57 Å². The Morgan fingerprint density at radius 1 is 0.960 bits per heavy atom. The van der Waals surface area contributed by atoms with Gasteiger partial charge in [-0.25, -0.2) is 0 Å². The van der Waals surface area contributed by atoms with Gasteiger partial charge in [-0.1, -0.05) is 42.0 Å². The Morgan fingerprint density at radius 3 is 2.36 bits per heavy atom. The van der Waals surface area contributed by atoms with E-state index in [9.17, 15) is 4.79 Å². The van der Waals surface area contributed by atoms with Crippen LogP contribution in [-0.4, -0.2) is 10.5 Å². The van der Waals surface area contributed by atoms with E-state index in [1.165, 1.54) is 16.7 Å². The summed E-state index contributed by atoms with van der Waals surface area (Å²) in [5.74, 6) is 0.0221. The van der Waals surface area contributed by atoms with Crippen LogP contribution in [0.3, 0.4) is 0 Å². The second kappa shape index (κ2) is 7.39. The summed E-state index contributed by atoms with van der Waals surface area (Å²) in [5, 5.41) is 3.07. The minimum absolute atomic E-state index is 0.0121. The van der Waals surface area contributed by atoms with Crippen LogP contribution in [0.15, 0.2) is 67.0 Å². The predicted octanol–water partition coefficient (Wildman–Crippen LogP) is 5.03. The van der Waals surface area contributed by atoms with Gasteiger partial charge in [0.05, 0.1) is 12.5 Å². The van der Waals surface area contributed by atoms with Crippen LogP contribution >= 0.6 is 0 Å². The zero-order chi connectivity index (χ0) is 17.8. The molecule has 1 heterocycles. The second-order valence-electron chi connectivity index (χ2n) is 6.57. The van der Waals surface area contributed by atoms with Crippen molar-refractivity contribution in [3.63, 3.8) is 0 Å². The average molecular weight is 332 g/mol. The quantitative estimate of drug-likeness (QED) is 0.698. The van der Waals surface area contributed by atoms with Gasteiger partial charge in [0, 0.05) is 18.1 Å². The molecule has 3 heteroatoms. The first-order valence-corrected chi connectivity index (χ1v) is 8.59. The third kappa shape index (κ3) is 4.00. The van der Waals surface area contributed by atoms with Gasteiger partial charge in [0.25, 0.3) is 0 Å². The highest BCUT2D eigenvalue weighted by Gasteiger charge is 2.19. The third-order valence-electron chi connectivity index (χ3n) is 4.57. The van der Waals surface area contributed by atoms with Crippen molar-refractivity contribution in [2.45, 2.75) is 33.2 Å². The lowest BCUT2D eigenvalue weighted by atomic mass is 9.98. The van der Waals surface area contributed by atoms with Gasteiger partial charge >= 0.3 is 0 Å². The van der Waals surface area contributed by atoms with Crippen LogP contribution in [0.4, 0.5) is 5.69 Å². The van der Waals surface area contributed by atoms with Gasteiger partial charge < -0.3 is 9.88 Å². The molecule has 25 heavy (non-hydrogen) atoms. The van der Waals surface area contributed by atoms with Crippen molar-refractivity contribution in [3.8, 4) is 0 Å². The number of hydrogen-bond donors (Lipinski definition) is 1. The summed E-state index contributed by atoms with van der Waals surface area (Å²) in [6.45, 7) is 6.17. The molecule has 0 bridgehead atoms. The van der Waals surface area contributed by atoms with E-state index in [1.54, 1.807) is 0 Å². The predicted molar refractivity (Wildman–Crippen MR) is 103 cm³/mol. The minimum Gasteiger partial charge on any atom is -0.346 e. The first kappa shape index (κ1) is 17.0. The van der Waals surface area contributed by atoms with Crippen LogP contribution in [0, 0.1) is 20.8 Å². The monoisotopic (exact) mass is 332 g/mol. The van der Waals surface area contributed by atoms with E-state index in [4.69, 9.17) is 0 Å². The van der Waals surface area contributed by atoms with E-state index in [1.807, 2.05) is 55.7 Å². The van der Waals surface area contributed by atoms with Gasteiger partial charge in [-0.2, -0.15) is 0 Å². The molecule has 3 nitrogen and oxygen atoms in total. The molecule has 2 aromatic carbocycles. The van der Waals surface area contributed by atoms with Crippen LogP contribution in [0.5, 0.6) is 0 Å². The Hall–Kier alpha value is -2.81. The maximum atomic E-state index is 12.7. The van der Waals surface area contributed by atoms with Gasteiger partial charge in [0.15, 0.2) is 0 Å². The molecule has 0 radical (unpaired) electrons. The molecule has 3 aromatic rings. The number of carbonyl (C=O) groups is 1. The number of amides is 1. The Bertz CT molecular complexity index is 865. The largest absolute Gasteiger partial charge is 0.346 e. The lowest BCUT2D eigenvalue weighted by Crippen LogP contribution is -2.20. The number of nitrogens with one attached hydrogen (secondary N) is 1. The topological polar surface area (TPSA) is 34.0 Å². The number of rotatable bonds is 5. The fraction of sp³-hybridized carbons (Fsp3) is 0.227. The molecule has 1 aromatic heterocycles. The van der Waals surface area contributed by atoms with E-state index in [0.29, 0.717) is 6.42 Å². The van der Waals surface area contributed by atoms with Crippen LogP contribution in [0.1, 0.15) is 34.7 Å². The molecule has 128 valence electrons. The van der Waals surface area contributed by atoms with Crippen LogP contribution in [-0.2, 0) is 4.79 Å². The summed E-state index contributed by atoms with van der Waals surface area (Å²) < 4.78 is 2.10. The van der Waals surface area contributed by atoms with Gasteiger partial charge in [-0.3, -0.25) is 4.79 Å². The third-order valence-corrected chi connectivity index (χ3v) is 4.57. The number of anilines is 1. The SMILES string of the molecule is Cc1ccc(NC(=O)C[C@@H](c2ccccc2C)n2cccc2)c(C)c1. The van der Waals surface area contributed by atoms with Gasteiger partial charge in [-0.15, -0.1) is 0 Å². The summed E-state index contributed by atoms with van der Waals surface area (Å²) in [6.07, 6.45) is 4.43. The molecule has 0 fully saturated rings. The maximum absolute atomic E-state index is 12.7. The van der Waals surface area contributed by atoms with Crippen LogP contribution in [0.2, 0.25) is 0 Å². The number of aryl methyl sites for hydroxylation is 3. The molecule has 0 unspecified atom stereocenters. The molecular weight excluding hydrogens is 308 g/mol. The molecule has 1 atom stereocenters. The number of nitrogens with zero attached hydrogens (tertiary/aromatic N) is 1. The lowest BCUT2D eigenvalue weighted by Gasteiger charge is -2.21. The summed E-state index contributed by atoms with van der Waals surface area (Å²) in [6, 6.07) is 18.3. The first-order chi connectivity index (χ1) is 12.0. The van der Waals surface area contributed by atoms with E-state index >= 15 is 0 Å². The number of benzene rings is 2. The van der Waals surface area contributed by atoms with Crippen molar-refractivity contribution in [2.24, 2.45) is 0 Å². The maximum Gasteiger partial charge on any atom is 0.226 e. The molecule has 0 saturated heterocycles. The first-order valence-electron chi connectivity index (χ1n) is 8.59. The van der Waals surface area contributed by atoms with Crippen LogP contribution in [0.25, 0.3) is 0 Å². The average Bonchev–Trinajstić information content (AvgIpc) is 3.10. The second-order valence-corrected chi connectivity index (χ2v) is 6.57. The highest BCUT2D eigenvalue weighted by molar-refractivity contribution is 5.92. The van der Waals surface area contributed by atoms with Crippen molar-refractivity contribution in [3.05, 3.63) is 89.2 Å². The van der Waals surface area contributed by atoms with Crippen molar-refractivity contribution < 1.29 is 4.79 Å². The van der Waals surface area contributed by atoms with E-state index in [-0.39, 0.29) is 11.9 Å². The zero-order valence-electron chi connectivity index (χ0n) is 15.0. The normalized spacial score (nSPS) is 12.0. The summed E-state index contributed by atoms with van der Waals surface area (Å²) >= 11 is 0. The Balaban J connectivity index is 1.83. The molecule has 0 aliphatic rings. The van der Waals surface area contributed by atoms with E-state index < -0.39 is 0 Å². The van der Waals surface area contributed by atoms with Gasteiger partial charge in [0.1, 0.15) is 0 Å².